The Labute approximate surface area is 664 Å². The van der Waals surface area contributed by atoms with E-state index in [0.717, 1.165) is 25.2 Å². The van der Waals surface area contributed by atoms with E-state index < -0.39 is 146 Å². The number of carbonyl (C=O) groups is 6. The SMILES string of the molecule is CCC(C)(C)C(=O)OCCOC(=O)C(F)(F)S(=O)(=O)[O-].CCC(C)(C)C(=O)OCCOC(=O)C(F)(F)S(=O)(=O)[O-].CCC(C)(C)C(=O)OCCOC(=O)C(F)(F)S(=O)(=O)[O-].CC[Si](CC)(CC)Cc1ccc([S+](c2ccccc2)c2ccccc2)cc1.c1ccc([S+](c2ccccc2)c2ccc(OC3CCCCO3)cc2)cc1. The number of ether oxygens (including phenoxy) is 8. The Morgan fingerprint density at radius 3 is 0.867 bits per heavy atom. The van der Waals surface area contributed by atoms with Crippen LogP contribution < -0.4 is 4.74 Å². The summed E-state index contributed by atoms with van der Waals surface area (Å²) in [5.74, 6) is -8.50. The zero-order valence-electron chi connectivity index (χ0n) is 65.0. The first-order valence-electron chi connectivity index (χ1n) is 35.9. The summed E-state index contributed by atoms with van der Waals surface area (Å²) in [4.78, 5) is 74.6. The van der Waals surface area contributed by atoms with E-state index in [4.69, 9.17) is 9.47 Å². The van der Waals surface area contributed by atoms with Gasteiger partial charge in [-0.15, -0.1) is 0 Å². The molecule has 0 aliphatic carbocycles. The van der Waals surface area contributed by atoms with Gasteiger partial charge >= 0.3 is 51.6 Å². The predicted octanol–water partition coefficient (Wildman–Crippen LogP) is 15.0. The Hall–Kier alpha value is -7.87. The Bertz CT molecular complexity index is 4000. The van der Waals surface area contributed by atoms with Gasteiger partial charge in [0.05, 0.1) is 52.7 Å². The van der Waals surface area contributed by atoms with Crippen LogP contribution in [0, 0.1) is 16.2 Å². The van der Waals surface area contributed by atoms with Crippen LogP contribution in [0.25, 0.3) is 0 Å². The van der Waals surface area contributed by atoms with Gasteiger partial charge < -0.3 is 51.6 Å². The molecule has 0 radical (unpaired) electrons. The normalized spacial score (nSPS) is 13.6. The smallest absolute Gasteiger partial charge is 0.428 e. The lowest BCUT2D eigenvalue weighted by Crippen LogP contribution is -2.39. The van der Waals surface area contributed by atoms with E-state index in [9.17, 15) is 94.0 Å². The van der Waals surface area contributed by atoms with E-state index in [-0.39, 0.29) is 28.1 Å². The van der Waals surface area contributed by atoms with Gasteiger partial charge in [-0.25, -0.2) is 39.6 Å². The van der Waals surface area contributed by atoms with Crippen molar-refractivity contribution in [3.63, 3.8) is 0 Å². The first kappa shape index (κ1) is 99.3. The lowest BCUT2D eigenvalue weighted by molar-refractivity contribution is -0.167. The van der Waals surface area contributed by atoms with Crippen molar-refractivity contribution in [3.05, 3.63) is 175 Å². The predicted molar refractivity (Wildman–Crippen MR) is 410 cm³/mol. The number of esters is 6. The van der Waals surface area contributed by atoms with Gasteiger partial charge in [-0.3, -0.25) is 14.4 Å². The molecule has 23 nitrogen and oxygen atoms in total. The highest BCUT2D eigenvalue weighted by Gasteiger charge is 2.51. The summed E-state index contributed by atoms with van der Waals surface area (Å²) in [6.45, 7) is 18.9. The van der Waals surface area contributed by atoms with Crippen LogP contribution in [-0.4, -0.2) is 151 Å². The van der Waals surface area contributed by atoms with Crippen molar-refractivity contribution in [3.8, 4) is 5.75 Å². The largest absolute Gasteiger partial charge is 0.743 e. The van der Waals surface area contributed by atoms with Crippen molar-refractivity contribution in [1.29, 1.82) is 0 Å². The number of hydrogen-bond donors (Lipinski definition) is 0. The van der Waals surface area contributed by atoms with E-state index in [2.05, 4.69) is 219 Å². The van der Waals surface area contributed by atoms with Crippen LogP contribution in [0.4, 0.5) is 26.3 Å². The van der Waals surface area contributed by atoms with Crippen molar-refractivity contribution in [1.82, 2.24) is 0 Å². The molecular weight excluding hydrogens is 1610 g/mol. The van der Waals surface area contributed by atoms with Crippen LogP contribution in [0.5, 0.6) is 5.75 Å². The molecule has 0 N–H and O–H groups in total. The summed E-state index contributed by atoms with van der Waals surface area (Å²) in [7, 11) is -19.7. The number of rotatable bonds is 34. The molecule has 0 saturated carbocycles. The van der Waals surface area contributed by atoms with E-state index in [0.29, 0.717) is 19.3 Å². The Balaban J connectivity index is 0.000000369. The zero-order valence-corrected chi connectivity index (χ0v) is 70.0. The zero-order chi connectivity index (χ0) is 85.3. The Morgan fingerprint density at radius 1 is 0.389 bits per heavy atom. The van der Waals surface area contributed by atoms with Gasteiger partial charge in [0, 0.05) is 6.42 Å². The molecule has 1 saturated heterocycles. The number of halogens is 6. The third-order valence-electron chi connectivity index (χ3n) is 18.0. The summed E-state index contributed by atoms with van der Waals surface area (Å²) in [6, 6.07) is 66.7. The molecular formula is C78H99F6O23S5Si-. The van der Waals surface area contributed by atoms with Crippen LogP contribution in [0.2, 0.25) is 18.1 Å². The third-order valence-corrected chi connectivity index (χ3v) is 30.5. The van der Waals surface area contributed by atoms with E-state index in [1.807, 2.05) is 0 Å². The molecule has 6 aromatic carbocycles. The monoisotopic (exact) mass is 1710 g/mol. The second kappa shape index (κ2) is 45.4. The molecule has 0 aromatic heterocycles. The van der Waals surface area contributed by atoms with Gasteiger partial charge in [0.15, 0.2) is 66.0 Å². The van der Waals surface area contributed by atoms with Crippen LogP contribution in [0.3, 0.4) is 0 Å². The first-order valence-corrected chi connectivity index (χ1v) is 45.4. The molecule has 1 aliphatic rings. The highest BCUT2D eigenvalue weighted by Crippen LogP contribution is 2.36. The van der Waals surface area contributed by atoms with Gasteiger partial charge in [-0.1, -0.05) is 150 Å². The Kier molecular flexibility index (Phi) is 39.9. The Morgan fingerprint density at radius 2 is 0.637 bits per heavy atom. The fraction of sp³-hybridized carbons (Fsp3) is 0.462. The maximum absolute atomic E-state index is 12.7. The molecule has 6 aromatic rings. The second-order valence-corrected chi connectivity index (χ2v) is 40.9. The summed E-state index contributed by atoms with van der Waals surface area (Å²) in [6.07, 6.45) is 4.59. The summed E-state index contributed by atoms with van der Waals surface area (Å²) >= 11 is 0. The minimum atomic E-state index is -6.15. The first-order chi connectivity index (χ1) is 52.7. The average Bonchev–Trinajstić information content (AvgIpc) is 0.810. The minimum Gasteiger partial charge on any atom is -0.743 e. The molecule has 1 aliphatic heterocycles. The molecule has 113 heavy (non-hydrogen) atoms. The molecule has 0 bridgehead atoms. The van der Waals surface area contributed by atoms with Crippen LogP contribution >= 0.6 is 0 Å². The fourth-order valence-electron chi connectivity index (χ4n) is 9.34. The van der Waals surface area contributed by atoms with Crippen molar-refractivity contribution in [2.24, 2.45) is 16.2 Å². The number of carbonyl (C=O) groups excluding carboxylic acids is 6. The number of hydrogen-bond acceptors (Lipinski definition) is 23. The van der Waals surface area contributed by atoms with Crippen molar-refractivity contribution >= 4 is 96.0 Å². The highest BCUT2D eigenvalue weighted by atomic mass is 32.2. The highest BCUT2D eigenvalue weighted by molar-refractivity contribution is 7.97. The standard InChI is InChI=1S/C25H31SSi.C23H23O2S.3C10H16F2O7S/c1-4-27(5-2,6-3)21-22-17-19-25(20-18-22)26(23-13-9-7-10-14-23)24-15-11-8-12-16-24;1-3-9-20(10-4-1)26(21-11-5-2-6-12-21)22-16-14-19(15-17-22)25-23-13-7-8-18-24-23;3*1-4-9(2,3)7(13)18-5-6-19-8(14)10(11,12)20(15,16)17/h7-20H,4-6,21H2,1-3H3;1-6,9-12,14-17,23H,7-8,13,18H2;3*4-6H2,1-3H3,(H,15,16,17)/q2*+1;;;/p-3. The topological polar surface area (TPSA) is 348 Å². The molecule has 1 unspecified atom stereocenters. The molecule has 7 rings (SSSR count). The van der Waals surface area contributed by atoms with Gasteiger partial charge in [0.2, 0.25) is 0 Å². The lowest BCUT2D eigenvalue weighted by atomic mass is 9.91. The summed E-state index contributed by atoms with van der Waals surface area (Å²) in [5, 5.41) is -15.5. The van der Waals surface area contributed by atoms with Crippen LogP contribution in [-0.2, 0) is 120 Å². The van der Waals surface area contributed by atoms with Crippen molar-refractivity contribution in [2.45, 2.75) is 197 Å². The van der Waals surface area contributed by atoms with Gasteiger partial charge in [-0.2, -0.15) is 26.3 Å². The molecule has 1 heterocycles. The molecule has 0 amide bonds. The van der Waals surface area contributed by atoms with Crippen LogP contribution in [0.15, 0.2) is 199 Å². The quantitative estimate of drug-likeness (QED) is 0.00688. The maximum atomic E-state index is 12.7. The molecule has 1 fully saturated rings. The van der Waals surface area contributed by atoms with E-state index in [1.165, 1.54) is 65.5 Å². The second-order valence-electron chi connectivity index (χ2n) is 27.1. The minimum absolute atomic E-state index is 0.0401. The van der Waals surface area contributed by atoms with Crippen molar-refractivity contribution in [2.75, 3.05) is 46.2 Å². The average molecular weight is 1710 g/mol. The lowest BCUT2D eigenvalue weighted by Gasteiger charge is -2.28. The number of alkyl halides is 6. The fourth-order valence-corrected chi connectivity index (χ4v) is 17.6. The summed E-state index contributed by atoms with van der Waals surface area (Å²) < 4.78 is 204. The van der Waals surface area contributed by atoms with Gasteiger partial charge in [-0.05, 0) is 165 Å². The third kappa shape index (κ3) is 31.0. The molecule has 626 valence electrons. The molecule has 35 heteroatoms. The maximum Gasteiger partial charge on any atom is 0.428 e. The van der Waals surface area contributed by atoms with Crippen LogP contribution in [0.1, 0.15) is 127 Å². The van der Waals surface area contributed by atoms with Gasteiger partial charge in [0.1, 0.15) is 45.4 Å². The van der Waals surface area contributed by atoms with E-state index >= 15 is 0 Å². The van der Waals surface area contributed by atoms with Gasteiger partial charge in [0.25, 0.3) is 0 Å². The molecule has 0 spiro atoms. The van der Waals surface area contributed by atoms with E-state index in [1.54, 1.807) is 62.3 Å². The molecule has 1 atom stereocenters. The number of benzene rings is 6. The van der Waals surface area contributed by atoms with Crippen molar-refractivity contribution < 1.29 is 132 Å². The summed E-state index contributed by atoms with van der Waals surface area (Å²) in [5.41, 5.74) is -0.828.